The van der Waals surface area contributed by atoms with E-state index in [9.17, 15) is 4.79 Å². The number of carbonyl (C=O) groups is 1. The number of nitrogens with zero attached hydrogens (tertiary/aromatic N) is 1. The number of carbonyl (C=O) groups excluding carboxylic acids is 1. The predicted octanol–water partition coefficient (Wildman–Crippen LogP) is 1.45. The highest BCUT2D eigenvalue weighted by atomic mass is 16.1. The second-order valence-corrected chi connectivity index (χ2v) is 5.19. The molecule has 13 heavy (non-hydrogen) atoms. The van der Waals surface area contributed by atoms with Gasteiger partial charge in [-0.05, 0) is 31.6 Å². The van der Waals surface area contributed by atoms with Crippen LogP contribution in [0.15, 0.2) is 0 Å². The molecule has 2 atom stereocenters. The second-order valence-electron chi connectivity index (χ2n) is 5.19. The molecule has 0 N–H and O–H groups in total. The molecule has 0 aromatic carbocycles. The van der Waals surface area contributed by atoms with Crippen molar-refractivity contribution >= 4 is 5.78 Å². The van der Waals surface area contributed by atoms with Gasteiger partial charge in [0.25, 0.3) is 0 Å². The first-order valence-corrected chi connectivity index (χ1v) is 5.52. The summed E-state index contributed by atoms with van der Waals surface area (Å²) in [5.41, 5.74) is 0. The van der Waals surface area contributed by atoms with Crippen molar-refractivity contribution in [1.29, 1.82) is 0 Å². The number of Topliss-reactive ketones (excluding diaryl/α,β-unsaturated/α-hetero) is 1. The first-order valence-electron chi connectivity index (χ1n) is 5.52. The van der Waals surface area contributed by atoms with Crippen LogP contribution in [-0.4, -0.2) is 29.3 Å². The van der Waals surface area contributed by atoms with E-state index in [4.69, 9.17) is 0 Å². The van der Waals surface area contributed by atoms with Crippen LogP contribution in [0.1, 0.15) is 32.6 Å². The van der Waals surface area contributed by atoms with Gasteiger partial charge in [-0.2, -0.15) is 0 Å². The van der Waals surface area contributed by atoms with Crippen LogP contribution in [0.4, 0.5) is 0 Å². The third-order valence-electron chi connectivity index (χ3n) is 4.19. The second kappa shape index (κ2) is 2.57. The summed E-state index contributed by atoms with van der Waals surface area (Å²) >= 11 is 0. The van der Waals surface area contributed by atoms with Crippen molar-refractivity contribution in [2.75, 3.05) is 6.54 Å². The lowest BCUT2D eigenvalue weighted by atomic mass is 9.70. The van der Waals surface area contributed by atoms with Gasteiger partial charge < -0.3 is 0 Å². The smallest absolute Gasteiger partial charge is 0.150 e. The Bertz CT molecular complexity index is 234. The lowest BCUT2D eigenvalue weighted by molar-refractivity contribution is -0.141. The zero-order valence-corrected chi connectivity index (χ0v) is 8.20. The maximum atomic E-state index is 11.5. The van der Waals surface area contributed by atoms with E-state index in [1.165, 1.54) is 25.7 Å². The number of fused-ring (bicyclic) bond motifs is 1. The molecule has 4 bridgehead atoms. The van der Waals surface area contributed by atoms with Crippen molar-refractivity contribution < 1.29 is 4.79 Å². The first kappa shape index (κ1) is 7.98. The predicted molar refractivity (Wildman–Crippen MR) is 50.4 cm³/mol. The molecule has 0 saturated carbocycles. The molecule has 4 rings (SSSR count). The lowest BCUT2D eigenvalue weighted by Crippen LogP contribution is -2.61. The average Bonchev–Trinajstić information content (AvgIpc) is 2.04. The van der Waals surface area contributed by atoms with Crippen LogP contribution >= 0.6 is 0 Å². The topological polar surface area (TPSA) is 20.3 Å². The zero-order chi connectivity index (χ0) is 9.00. The molecule has 2 nitrogen and oxygen atoms in total. The Kier molecular flexibility index (Phi) is 1.58. The summed E-state index contributed by atoms with van der Waals surface area (Å²) in [5.74, 6) is 1.84. The SMILES string of the molecule is CC1CC2CC3CC(C1)N2CC3=O. The molecule has 2 unspecified atom stereocenters. The van der Waals surface area contributed by atoms with E-state index in [0.29, 0.717) is 11.7 Å². The minimum absolute atomic E-state index is 0.437. The molecule has 4 fully saturated rings. The van der Waals surface area contributed by atoms with E-state index in [0.717, 1.165) is 24.5 Å². The molecule has 4 saturated heterocycles. The standard InChI is InChI=1S/C11H17NO/c1-7-2-9-4-8-5-10(3-7)12(9)6-11(8)13/h7-10H,2-6H2,1H3. The molecular formula is C11H17NO. The van der Waals surface area contributed by atoms with Gasteiger partial charge in [0.1, 0.15) is 5.78 Å². The van der Waals surface area contributed by atoms with Crippen LogP contribution in [0, 0.1) is 11.8 Å². The minimum Gasteiger partial charge on any atom is -0.298 e. The van der Waals surface area contributed by atoms with E-state index in [-0.39, 0.29) is 0 Å². The third kappa shape index (κ3) is 1.08. The number of hydrogen-bond donors (Lipinski definition) is 0. The van der Waals surface area contributed by atoms with Gasteiger partial charge in [-0.1, -0.05) is 6.92 Å². The van der Waals surface area contributed by atoms with Gasteiger partial charge in [-0.3, -0.25) is 9.69 Å². The van der Waals surface area contributed by atoms with Crippen LogP contribution in [-0.2, 0) is 4.79 Å². The summed E-state index contributed by atoms with van der Waals surface area (Å²) in [4.78, 5) is 14.0. The van der Waals surface area contributed by atoms with E-state index in [1.54, 1.807) is 0 Å². The van der Waals surface area contributed by atoms with Gasteiger partial charge in [0.05, 0.1) is 6.54 Å². The van der Waals surface area contributed by atoms with E-state index >= 15 is 0 Å². The van der Waals surface area contributed by atoms with Crippen LogP contribution in [0.2, 0.25) is 0 Å². The molecule has 0 radical (unpaired) electrons. The number of hydrogen-bond acceptors (Lipinski definition) is 2. The van der Waals surface area contributed by atoms with Gasteiger partial charge in [0.2, 0.25) is 0 Å². The van der Waals surface area contributed by atoms with Crippen LogP contribution in [0.3, 0.4) is 0 Å². The molecule has 72 valence electrons. The third-order valence-corrected chi connectivity index (χ3v) is 4.19. The quantitative estimate of drug-likeness (QED) is 0.561. The molecule has 0 aromatic rings. The highest BCUT2D eigenvalue weighted by molar-refractivity contribution is 5.84. The minimum atomic E-state index is 0.437. The zero-order valence-electron chi connectivity index (χ0n) is 8.20. The molecule has 0 spiro atoms. The maximum absolute atomic E-state index is 11.5. The largest absolute Gasteiger partial charge is 0.298 e. The van der Waals surface area contributed by atoms with Crippen LogP contribution < -0.4 is 0 Å². The molecular weight excluding hydrogens is 162 g/mol. The first-order chi connectivity index (χ1) is 6.24. The van der Waals surface area contributed by atoms with Crippen LogP contribution in [0.25, 0.3) is 0 Å². The van der Waals surface area contributed by atoms with Crippen molar-refractivity contribution in [3.63, 3.8) is 0 Å². The summed E-state index contributed by atoms with van der Waals surface area (Å²) in [6, 6.07) is 1.51. The average molecular weight is 179 g/mol. The highest BCUT2D eigenvalue weighted by Gasteiger charge is 2.47. The van der Waals surface area contributed by atoms with Crippen molar-refractivity contribution in [2.24, 2.45) is 11.8 Å². The molecule has 4 aliphatic rings. The van der Waals surface area contributed by atoms with Crippen molar-refractivity contribution in [3.05, 3.63) is 0 Å². The Morgan fingerprint density at radius 2 is 1.77 bits per heavy atom. The molecule has 4 heterocycles. The fourth-order valence-electron chi connectivity index (χ4n) is 3.64. The highest BCUT2D eigenvalue weighted by Crippen LogP contribution is 2.42. The molecule has 0 amide bonds. The Balaban J connectivity index is 1.87. The van der Waals surface area contributed by atoms with Gasteiger partial charge in [0, 0.05) is 18.0 Å². The molecule has 0 aromatic heterocycles. The molecule has 2 heteroatoms. The van der Waals surface area contributed by atoms with E-state index < -0.39 is 0 Å². The number of ketones is 1. The van der Waals surface area contributed by atoms with Gasteiger partial charge in [-0.25, -0.2) is 0 Å². The fourth-order valence-corrected chi connectivity index (χ4v) is 3.64. The van der Waals surface area contributed by atoms with Crippen molar-refractivity contribution in [3.8, 4) is 0 Å². The Labute approximate surface area is 79.3 Å². The summed E-state index contributed by atoms with van der Waals surface area (Å²) in [6.45, 7) is 3.13. The fraction of sp³-hybridized carbons (Fsp3) is 0.909. The Morgan fingerprint density at radius 1 is 1.15 bits per heavy atom. The van der Waals surface area contributed by atoms with Gasteiger partial charge in [-0.15, -0.1) is 0 Å². The summed E-state index contributed by atoms with van der Waals surface area (Å²) < 4.78 is 0. The molecule has 4 aliphatic heterocycles. The maximum Gasteiger partial charge on any atom is 0.150 e. The van der Waals surface area contributed by atoms with Crippen molar-refractivity contribution in [2.45, 2.75) is 44.7 Å². The van der Waals surface area contributed by atoms with E-state index in [1.807, 2.05) is 0 Å². The summed E-state index contributed by atoms with van der Waals surface area (Å²) in [7, 11) is 0. The van der Waals surface area contributed by atoms with Gasteiger partial charge in [0.15, 0.2) is 0 Å². The van der Waals surface area contributed by atoms with Crippen molar-refractivity contribution in [1.82, 2.24) is 4.90 Å². The Hall–Kier alpha value is -0.370. The van der Waals surface area contributed by atoms with E-state index in [2.05, 4.69) is 11.8 Å². The van der Waals surface area contributed by atoms with Gasteiger partial charge >= 0.3 is 0 Å². The number of rotatable bonds is 0. The summed E-state index contributed by atoms with van der Waals surface area (Å²) in [6.07, 6.45) is 5.00. The Morgan fingerprint density at radius 3 is 2.31 bits per heavy atom. The van der Waals surface area contributed by atoms with Crippen LogP contribution in [0.5, 0.6) is 0 Å². The monoisotopic (exact) mass is 179 g/mol. The number of piperidine rings is 4. The summed E-state index contributed by atoms with van der Waals surface area (Å²) in [5, 5.41) is 0. The lowest BCUT2D eigenvalue weighted by Gasteiger charge is -2.54. The normalized spacial score (nSPS) is 53.9. The molecule has 0 aliphatic carbocycles.